The van der Waals surface area contributed by atoms with E-state index in [0.29, 0.717) is 35.5 Å². The summed E-state index contributed by atoms with van der Waals surface area (Å²) in [5.41, 5.74) is 2.96. The number of hydrogen-bond acceptors (Lipinski definition) is 5. The number of pyridine rings is 1. The predicted molar refractivity (Wildman–Crippen MR) is 142 cm³/mol. The number of hydrogen-bond donors (Lipinski definition) is 3. The molecule has 39 heavy (non-hydrogen) atoms. The van der Waals surface area contributed by atoms with Gasteiger partial charge in [-0.1, -0.05) is 66.7 Å². The number of nitrogens with one attached hydrogen (secondary N) is 2. The van der Waals surface area contributed by atoms with Crippen LogP contribution in [-0.4, -0.2) is 28.5 Å². The number of anilines is 1. The fourth-order valence-electron chi connectivity index (χ4n) is 3.95. The molecule has 196 valence electrons. The van der Waals surface area contributed by atoms with Crippen molar-refractivity contribution in [2.45, 2.75) is 18.4 Å². The van der Waals surface area contributed by atoms with Crippen LogP contribution in [0.1, 0.15) is 28.3 Å². The smallest absolute Gasteiger partial charge is 0.379 e. The van der Waals surface area contributed by atoms with Crippen LogP contribution in [0.5, 0.6) is 0 Å². The molecule has 0 saturated carbocycles. The second kappa shape index (κ2) is 12.1. The summed E-state index contributed by atoms with van der Waals surface area (Å²) in [6.07, 6.45) is 2.16. The Kier molecular flexibility index (Phi) is 8.39. The van der Waals surface area contributed by atoms with Crippen LogP contribution in [0, 0.1) is 11.3 Å². The van der Waals surface area contributed by atoms with Crippen LogP contribution in [0.25, 0.3) is 11.1 Å². The lowest BCUT2D eigenvalue weighted by Crippen LogP contribution is -2.34. The molecule has 7 nitrogen and oxygen atoms in total. The van der Waals surface area contributed by atoms with Crippen LogP contribution in [0.15, 0.2) is 97.2 Å². The lowest BCUT2D eigenvalue weighted by atomic mass is 10.0. The zero-order valence-electron chi connectivity index (χ0n) is 20.6. The maximum absolute atomic E-state index is 13.7. The summed E-state index contributed by atoms with van der Waals surface area (Å²) in [6.45, 7) is 0.516. The molecule has 0 aliphatic rings. The number of rotatable bonds is 10. The van der Waals surface area contributed by atoms with Crippen molar-refractivity contribution in [1.82, 2.24) is 10.3 Å². The molecule has 0 bridgehead atoms. The molecule has 0 fully saturated rings. The molecule has 1 heterocycles. The van der Waals surface area contributed by atoms with E-state index in [0.717, 1.165) is 23.3 Å². The zero-order chi connectivity index (χ0) is 27.8. The van der Waals surface area contributed by atoms with Crippen molar-refractivity contribution < 1.29 is 23.5 Å². The summed E-state index contributed by atoms with van der Waals surface area (Å²) >= 11 is 0. The van der Waals surface area contributed by atoms with E-state index >= 15 is 0 Å². The third-order valence-electron chi connectivity index (χ3n) is 6.10. The van der Waals surface area contributed by atoms with Crippen LogP contribution in [0.2, 0.25) is 0 Å². The van der Waals surface area contributed by atoms with Crippen molar-refractivity contribution in [1.29, 1.82) is 5.26 Å². The van der Waals surface area contributed by atoms with Crippen molar-refractivity contribution in [3.05, 3.63) is 119 Å². The van der Waals surface area contributed by atoms with E-state index in [9.17, 15) is 18.4 Å². The highest BCUT2D eigenvalue weighted by atomic mass is 19.3. The molecule has 4 rings (SSSR count). The monoisotopic (exact) mass is 526 g/mol. The molecule has 3 aromatic carbocycles. The van der Waals surface area contributed by atoms with Gasteiger partial charge in [0.05, 0.1) is 11.6 Å². The molecule has 1 amide bonds. The molecule has 0 spiro atoms. The highest BCUT2D eigenvalue weighted by molar-refractivity contribution is 5.95. The second-order valence-electron chi connectivity index (χ2n) is 8.73. The molecule has 1 aromatic heterocycles. The second-order valence-corrected chi connectivity index (χ2v) is 8.73. The third kappa shape index (κ3) is 6.69. The molecular weight excluding hydrogens is 502 g/mol. The normalized spacial score (nSPS) is 11.8. The van der Waals surface area contributed by atoms with Crippen LogP contribution in [0.4, 0.5) is 14.6 Å². The Balaban J connectivity index is 1.42. The lowest BCUT2D eigenvalue weighted by Gasteiger charge is -2.19. The first kappa shape index (κ1) is 27.1. The summed E-state index contributed by atoms with van der Waals surface area (Å²) in [5, 5.41) is 23.8. The van der Waals surface area contributed by atoms with Gasteiger partial charge >= 0.3 is 11.9 Å². The zero-order valence-corrected chi connectivity index (χ0v) is 20.6. The number of carboxylic acids is 1. The molecule has 9 heteroatoms. The number of halogens is 2. The summed E-state index contributed by atoms with van der Waals surface area (Å²) in [4.78, 5) is 28.3. The first-order chi connectivity index (χ1) is 18.8. The van der Waals surface area contributed by atoms with Gasteiger partial charge in [-0.2, -0.15) is 14.0 Å². The van der Waals surface area contributed by atoms with Gasteiger partial charge in [-0.25, -0.2) is 9.78 Å². The van der Waals surface area contributed by atoms with Gasteiger partial charge in [-0.3, -0.25) is 4.79 Å². The molecule has 0 radical (unpaired) electrons. The molecular formula is C30H24F2N4O3. The number of nitrogens with zero attached hydrogens (tertiary/aromatic N) is 2. The molecule has 1 atom stereocenters. The van der Waals surface area contributed by atoms with Crippen molar-refractivity contribution >= 4 is 17.7 Å². The number of carbonyl (C=O) groups excluding carboxylic acids is 1. The Bertz CT molecular complexity index is 1470. The van der Waals surface area contributed by atoms with Gasteiger partial charge in [-0.05, 0) is 47.4 Å². The summed E-state index contributed by atoms with van der Waals surface area (Å²) in [7, 11) is 0. The van der Waals surface area contributed by atoms with E-state index in [2.05, 4.69) is 21.7 Å². The van der Waals surface area contributed by atoms with Crippen molar-refractivity contribution in [2.75, 3.05) is 11.9 Å². The largest absolute Gasteiger partial charge is 0.477 e. The quantitative estimate of drug-likeness (QED) is 0.258. The van der Waals surface area contributed by atoms with Gasteiger partial charge in [0.25, 0.3) is 0 Å². The summed E-state index contributed by atoms with van der Waals surface area (Å²) < 4.78 is 27.4. The number of nitriles is 1. The van der Waals surface area contributed by atoms with Gasteiger partial charge < -0.3 is 15.7 Å². The van der Waals surface area contributed by atoms with Gasteiger partial charge in [0, 0.05) is 23.9 Å². The molecule has 0 saturated heterocycles. The van der Waals surface area contributed by atoms with E-state index < -0.39 is 23.5 Å². The summed E-state index contributed by atoms with van der Waals surface area (Å²) in [5.74, 6) is -6.18. The Morgan fingerprint density at radius 1 is 0.923 bits per heavy atom. The molecule has 0 aliphatic heterocycles. The number of carboxylic acid groups (broad SMARTS) is 1. The van der Waals surface area contributed by atoms with Crippen molar-refractivity contribution in [3.8, 4) is 17.2 Å². The fraction of sp³-hybridized carbons (Fsp3) is 0.133. The number of aliphatic carboxylic acids is 1. The molecule has 0 unspecified atom stereocenters. The Morgan fingerprint density at radius 2 is 1.59 bits per heavy atom. The fourth-order valence-corrected chi connectivity index (χ4v) is 3.95. The van der Waals surface area contributed by atoms with Gasteiger partial charge in [0.2, 0.25) is 5.91 Å². The van der Waals surface area contributed by atoms with Gasteiger partial charge in [0.15, 0.2) is 0 Å². The van der Waals surface area contributed by atoms with Gasteiger partial charge in [-0.15, -0.1) is 0 Å². The third-order valence-corrected chi connectivity index (χ3v) is 6.10. The van der Waals surface area contributed by atoms with Crippen LogP contribution in [-0.2, 0) is 21.9 Å². The minimum absolute atomic E-state index is 0.304. The highest BCUT2D eigenvalue weighted by Crippen LogP contribution is 2.30. The lowest BCUT2D eigenvalue weighted by molar-refractivity contribution is -0.166. The van der Waals surface area contributed by atoms with Crippen LogP contribution >= 0.6 is 0 Å². The van der Waals surface area contributed by atoms with Crippen LogP contribution < -0.4 is 10.6 Å². The number of benzene rings is 3. The first-order valence-corrected chi connectivity index (χ1v) is 12.0. The highest BCUT2D eigenvalue weighted by Gasteiger charge is 2.40. The average molecular weight is 527 g/mol. The minimum atomic E-state index is -3.98. The van der Waals surface area contributed by atoms with E-state index in [-0.39, 0.29) is 5.91 Å². The molecule has 4 aromatic rings. The number of carbonyl (C=O) groups is 2. The average Bonchev–Trinajstić information content (AvgIpc) is 2.96. The predicted octanol–water partition coefficient (Wildman–Crippen LogP) is 5.31. The van der Waals surface area contributed by atoms with E-state index in [1.807, 2.05) is 42.5 Å². The Labute approximate surface area is 223 Å². The number of aromatic nitrogens is 1. The van der Waals surface area contributed by atoms with Gasteiger partial charge in [0.1, 0.15) is 11.9 Å². The maximum Gasteiger partial charge on any atom is 0.379 e. The maximum atomic E-state index is 13.7. The first-order valence-electron chi connectivity index (χ1n) is 12.0. The Morgan fingerprint density at radius 3 is 2.18 bits per heavy atom. The standard InChI is InChI=1S/C30H24F2N4O3/c31-30(32,29(38)39)25-13-10-22(11-14-25)24-12-15-26(35-19-24)36-28(37)27(23-4-2-1-3-5-23)34-17-16-20-6-8-21(18-33)9-7-20/h1-15,19,27,34H,16-17H2,(H,38,39)(H,35,36,37)/t27-/m1/s1. The SMILES string of the molecule is N#Cc1ccc(CCN[C@@H](C(=O)Nc2ccc(-c3ccc(C(F)(F)C(=O)O)cc3)cn2)c2ccccc2)cc1. The van der Waals surface area contributed by atoms with Crippen molar-refractivity contribution in [2.24, 2.45) is 0 Å². The van der Waals surface area contributed by atoms with Crippen LogP contribution in [0.3, 0.4) is 0 Å². The molecule has 0 aliphatic carbocycles. The topological polar surface area (TPSA) is 115 Å². The molecule has 3 N–H and O–H groups in total. The van der Waals surface area contributed by atoms with E-state index in [1.54, 1.807) is 24.3 Å². The number of alkyl halides is 2. The van der Waals surface area contributed by atoms with Crippen molar-refractivity contribution in [3.63, 3.8) is 0 Å². The van der Waals surface area contributed by atoms with E-state index in [4.69, 9.17) is 10.4 Å². The van der Waals surface area contributed by atoms with E-state index in [1.165, 1.54) is 18.3 Å². The summed E-state index contributed by atoms with van der Waals surface area (Å²) in [6, 6.07) is 26.2. The minimum Gasteiger partial charge on any atom is -0.477 e. The number of amides is 1. The Hall–Kier alpha value is -4.94.